The summed E-state index contributed by atoms with van der Waals surface area (Å²) in [7, 11) is 0. The van der Waals surface area contributed by atoms with Crippen LogP contribution in [0.5, 0.6) is 17.2 Å². The molecule has 0 fully saturated rings. The fraction of sp³-hybridized carbons (Fsp3) is 0.0270. The molecule has 11 nitrogen and oxygen atoms in total. The predicted molar refractivity (Wildman–Crippen MR) is 182 cm³/mol. The number of aromatic hydroxyl groups is 3. The van der Waals surface area contributed by atoms with Crippen molar-refractivity contribution in [2.24, 2.45) is 0 Å². The van der Waals surface area contributed by atoms with E-state index in [1.165, 1.54) is 42.5 Å². The van der Waals surface area contributed by atoms with Crippen molar-refractivity contribution >= 4 is 34.4 Å². The zero-order valence-corrected chi connectivity index (χ0v) is 25.9. The summed E-state index contributed by atoms with van der Waals surface area (Å²) in [5.41, 5.74) is 4.27. The lowest BCUT2D eigenvalue weighted by atomic mass is 9.90. The standard InChI is InChI=1S/C37H24ClN3O8/c38-29-14-27(30(44)15-31(29)45)35-28(17-40-41-35)19-3-1-18(2-4-19)16-39-36(46)20-5-8-23(26(11-20)37(47)48)34-24-9-6-21(42)12-32(24)49-33-13-22(43)7-10-25(33)34/h1-15,17,42,44-45H,16H2,(H,39,46)(H,40,41)(H,47,48). The van der Waals surface area contributed by atoms with Gasteiger partial charge in [-0.15, -0.1) is 0 Å². The van der Waals surface area contributed by atoms with Crippen LogP contribution in [0.25, 0.3) is 55.8 Å². The Morgan fingerprint density at radius 2 is 1.59 bits per heavy atom. The monoisotopic (exact) mass is 673 g/mol. The molecule has 1 amide bonds. The third kappa shape index (κ3) is 5.79. The highest BCUT2D eigenvalue weighted by Gasteiger charge is 2.23. The number of carboxylic acid groups (broad SMARTS) is 1. The van der Waals surface area contributed by atoms with Gasteiger partial charge in [0.1, 0.15) is 28.6 Å². The van der Waals surface area contributed by atoms with Crippen molar-refractivity contribution in [1.82, 2.24) is 15.5 Å². The lowest BCUT2D eigenvalue weighted by Crippen LogP contribution is -2.23. The van der Waals surface area contributed by atoms with E-state index in [0.717, 1.165) is 17.2 Å². The van der Waals surface area contributed by atoms with E-state index in [-0.39, 0.29) is 56.7 Å². The maximum Gasteiger partial charge on any atom is 0.336 e. The second-order valence-electron chi connectivity index (χ2n) is 11.2. The second kappa shape index (κ2) is 12.2. The number of phenols is 3. The van der Waals surface area contributed by atoms with Crippen molar-refractivity contribution in [3.8, 4) is 62.1 Å². The van der Waals surface area contributed by atoms with Crippen LogP contribution >= 0.6 is 11.6 Å². The molecule has 1 aliphatic heterocycles. The normalized spacial score (nSPS) is 11.2. The first-order chi connectivity index (χ1) is 23.6. The molecule has 4 aromatic carbocycles. The molecule has 12 heteroatoms. The van der Waals surface area contributed by atoms with E-state index in [9.17, 15) is 34.8 Å². The van der Waals surface area contributed by atoms with Crippen molar-refractivity contribution in [2.45, 2.75) is 6.54 Å². The van der Waals surface area contributed by atoms with Crippen molar-refractivity contribution in [3.05, 3.63) is 129 Å². The molecule has 2 aliphatic rings. The first-order valence-corrected chi connectivity index (χ1v) is 15.1. The highest BCUT2D eigenvalue weighted by atomic mass is 35.5. The van der Waals surface area contributed by atoms with Gasteiger partial charge in [0.05, 0.1) is 22.5 Å². The summed E-state index contributed by atoms with van der Waals surface area (Å²) in [6.07, 6.45) is 1.59. The van der Waals surface area contributed by atoms with Gasteiger partial charge >= 0.3 is 5.97 Å². The van der Waals surface area contributed by atoms with Crippen LogP contribution in [0, 0.1) is 0 Å². The van der Waals surface area contributed by atoms with Gasteiger partial charge in [-0.1, -0.05) is 41.9 Å². The topological polar surface area (TPSA) is 186 Å². The molecule has 1 aromatic heterocycles. The fourth-order valence-corrected chi connectivity index (χ4v) is 5.94. The molecule has 0 bridgehead atoms. The third-order valence-electron chi connectivity index (χ3n) is 8.15. The van der Waals surface area contributed by atoms with Crippen LogP contribution in [-0.4, -0.2) is 42.5 Å². The number of nitrogens with zero attached hydrogens (tertiary/aromatic N) is 1. The minimum absolute atomic E-state index is 0.0640. The molecule has 0 spiro atoms. The van der Waals surface area contributed by atoms with Gasteiger partial charge in [0.25, 0.3) is 5.91 Å². The number of carboxylic acids is 1. The van der Waals surface area contributed by atoms with Crippen molar-refractivity contribution in [2.75, 3.05) is 0 Å². The van der Waals surface area contributed by atoms with Crippen molar-refractivity contribution in [3.63, 3.8) is 0 Å². The minimum atomic E-state index is -1.26. The number of aromatic amines is 1. The minimum Gasteiger partial charge on any atom is -0.508 e. The number of carbonyl (C=O) groups is 2. The summed E-state index contributed by atoms with van der Waals surface area (Å²) in [6, 6.07) is 22.9. The molecule has 49 heavy (non-hydrogen) atoms. The lowest BCUT2D eigenvalue weighted by molar-refractivity contribution is 0.0697. The zero-order valence-electron chi connectivity index (χ0n) is 25.2. The van der Waals surface area contributed by atoms with E-state index in [2.05, 4.69) is 15.5 Å². The number of hydrogen-bond donors (Lipinski definition) is 6. The molecule has 0 radical (unpaired) electrons. The number of aromatic nitrogens is 2. The fourth-order valence-electron chi connectivity index (χ4n) is 5.78. The number of halogens is 1. The largest absolute Gasteiger partial charge is 0.508 e. The number of hydrogen-bond acceptors (Lipinski definition) is 8. The first kappa shape index (κ1) is 31.0. The van der Waals surface area contributed by atoms with Crippen molar-refractivity contribution < 1.29 is 34.4 Å². The quantitative estimate of drug-likeness (QED) is 0.0967. The lowest BCUT2D eigenvalue weighted by Gasteiger charge is -2.17. The van der Waals surface area contributed by atoms with Gasteiger partial charge in [0, 0.05) is 57.9 Å². The second-order valence-corrected chi connectivity index (χ2v) is 11.6. The Morgan fingerprint density at radius 1 is 0.816 bits per heavy atom. The molecular weight excluding hydrogens is 650 g/mol. The molecule has 6 N–H and O–H groups in total. The summed E-state index contributed by atoms with van der Waals surface area (Å²) in [6.45, 7) is 0.145. The molecule has 0 unspecified atom stereocenters. The van der Waals surface area contributed by atoms with E-state index in [1.807, 2.05) is 24.3 Å². The van der Waals surface area contributed by atoms with E-state index in [1.54, 1.807) is 24.4 Å². The van der Waals surface area contributed by atoms with Crippen LogP contribution in [0.15, 0.2) is 106 Å². The van der Waals surface area contributed by atoms with Crippen LogP contribution < -0.4 is 10.7 Å². The average Bonchev–Trinajstić information content (AvgIpc) is 3.57. The summed E-state index contributed by atoms with van der Waals surface area (Å²) in [5.74, 6) is -2.02. The van der Waals surface area contributed by atoms with E-state index < -0.39 is 11.9 Å². The highest BCUT2D eigenvalue weighted by Crippen LogP contribution is 2.43. The number of carbonyl (C=O) groups excluding carboxylic acids is 1. The Bertz CT molecular complexity index is 2470. The van der Waals surface area contributed by atoms with E-state index in [4.69, 9.17) is 16.0 Å². The number of H-pyrrole nitrogens is 1. The Balaban J connectivity index is 1.15. The molecule has 0 atom stereocenters. The number of benzene rings is 5. The number of fused-ring (bicyclic) bond motifs is 2. The molecule has 242 valence electrons. The Morgan fingerprint density at radius 3 is 2.37 bits per heavy atom. The predicted octanol–water partition coefficient (Wildman–Crippen LogP) is 7.02. The molecule has 0 saturated carbocycles. The van der Waals surface area contributed by atoms with Crippen LogP contribution in [0.2, 0.25) is 5.02 Å². The molecule has 2 heterocycles. The highest BCUT2D eigenvalue weighted by molar-refractivity contribution is 6.32. The smallest absolute Gasteiger partial charge is 0.336 e. The Labute approximate surface area is 281 Å². The zero-order chi connectivity index (χ0) is 34.4. The van der Waals surface area contributed by atoms with Gasteiger partial charge in [-0.2, -0.15) is 5.10 Å². The SMILES string of the molecule is O=C(NCc1ccc(-c2cn[nH]c2-c2cc(Cl)c(O)cc2O)cc1)c1ccc(-c2c3ccc(=O)cc-3oc3cc(O)ccc23)c(C(=O)O)c1. The number of nitrogens with one attached hydrogen (secondary N) is 2. The van der Waals surface area contributed by atoms with Crippen LogP contribution in [0.4, 0.5) is 0 Å². The van der Waals surface area contributed by atoms with E-state index in [0.29, 0.717) is 38.9 Å². The van der Waals surface area contributed by atoms with Gasteiger partial charge < -0.3 is 30.2 Å². The van der Waals surface area contributed by atoms with Gasteiger partial charge in [0.2, 0.25) is 0 Å². The van der Waals surface area contributed by atoms with Gasteiger partial charge in [0.15, 0.2) is 5.43 Å². The van der Waals surface area contributed by atoms with E-state index >= 15 is 0 Å². The molecule has 5 aromatic rings. The molecular formula is C37H24ClN3O8. The molecule has 7 rings (SSSR count). The molecule has 1 aliphatic carbocycles. The maximum atomic E-state index is 13.2. The van der Waals surface area contributed by atoms with Crippen LogP contribution in [0.3, 0.4) is 0 Å². The van der Waals surface area contributed by atoms with Crippen molar-refractivity contribution in [1.29, 1.82) is 0 Å². The molecule has 0 saturated heterocycles. The number of amides is 1. The third-order valence-corrected chi connectivity index (χ3v) is 8.45. The Hall–Kier alpha value is -6.59. The number of rotatable bonds is 7. The van der Waals surface area contributed by atoms with Gasteiger partial charge in [-0.25, -0.2) is 4.79 Å². The van der Waals surface area contributed by atoms with Crippen LogP contribution in [-0.2, 0) is 6.54 Å². The number of aromatic carboxylic acids is 1. The Kier molecular flexibility index (Phi) is 7.73. The number of phenolic OH excluding ortho intramolecular Hbond substituents is 3. The summed E-state index contributed by atoms with van der Waals surface area (Å²) in [5, 5.41) is 50.8. The summed E-state index contributed by atoms with van der Waals surface area (Å²) >= 11 is 6.06. The maximum absolute atomic E-state index is 13.2. The van der Waals surface area contributed by atoms with Gasteiger partial charge in [-0.05, 0) is 59.2 Å². The summed E-state index contributed by atoms with van der Waals surface area (Å²) < 4.78 is 5.87. The summed E-state index contributed by atoms with van der Waals surface area (Å²) in [4.78, 5) is 37.9. The van der Waals surface area contributed by atoms with Crippen LogP contribution in [0.1, 0.15) is 26.3 Å². The average molecular weight is 674 g/mol. The van der Waals surface area contributed by atoms with Gasteiger partial charge in [-0.3, -0.25) is 14.7 Å². The first-order valence-electron chi connectivity index (χ1n) is 14.8.